The molecule has 92 valence electrons. The average molecular weight is 249 g/mol. The molecular formula is C14H19NOS. The van der Waals surface area contributed by atoms with Crippen LogP contribution in [0.5, 0.6) is 0 Å². The van der Waals surface area contributed by atoms with E-state index in [0.717, 1.165) is 25.9 Å². The maximum atomic E-state index is 11.3. The Balaban J connectivity index is 1.97. The van der Waals surface area contributed by atoms with Gasteiger partial charge in [0.15, 0.2) is 0 Å². The highest BCUT2D eigenvalue weighted by molar-refractivity contribution is 7.98. The molecule has 0 unspecified atom stereocenters. The zero-order valence-electron chi connectivity index (χ0n) is 10.5. The summed E-state index contributed by atoms with van der Waals surface area (Å²) >= 11 is 1.77. The van der Waals surface area contributed by atoms with E-state index in [1.54, 1.807) is 18.7 Å². The number of benzene rings is 1. The molecule has 0 atom stereocenters. The average Bonchev–Trinajstić information content (AvgIpc) is 2.39. The van der Waals surface area contributed by atoms with Gasteiger partial charge in [0.2, 0.25) is 0 Å². The molecule has 1 fully saturated rings. The zero-order valence-corrected chi connectivity index (χ0v) is 11.3. The van der Waals surface area contributed by atoms with Crippen molar-refractivity contribution in [1.82, 2.24) is 0 Å². The molecule has 1 aromatic carbocycles. The number of anilines is 1. The highest BCUT2D eigenvalue weighted by Crippen LogP contribution is 2.25. The van der Waals surface area contributed by atoms with Crippen LogP contribution >= 0.6 is 11.8 Å². The number of ketones is 1. The first kappa shape index (κ1) is 12.5. The normalized spacial score (nSPS) is 17.2. The molecule has 0 spiro atoms. The van der Waals surface area contributed by atoms with E-state index in [-0.39, 0.29) is 5.92 Å². The monoisotopic (exact) mass is 249 g/mol. The Labute approximate surface area is 107 Å². The topological polar surface area (TPSA) is 20.3 Å². The van der Waals surface area contributed by atoms with E-state index in [1.807, 2.05) is 0 Å². The van der Waals surface area contributed by atoms with Crippen molar-refractivity contribution in [2.24, 2.45) is 5.92 Å². The van der Waals surface area contributed by atoms with Gasteiger partial charge in [0.1, 0.15) is 5.78 Å². The molecule has 1 aromatic rings. The Kier molecular flexibility index (Phi) is 4.11. The summed E-state index contributed by atoms with van der Waals surface area (Å²) in [5, 5.41) is 0. The first-order valence-electron chi connectivity index (χ1n) is 6.10. The van der Waals surface area contributed by atoms with Gasteiger partial charge >= 0.3 is 0 Å². The Morgan fingerprint density at radius 1 is 1.24 bits per heavy atom. The van der Waals surface area contributed by atoms with Gasteiger partial charge in [-0.05, 0) is 50.3 Å². The molecule has 1 heterocycles. The Morgan fingerprint density at radius 3 is 2.29 bits per heavy atom. The summed E-state index contributed by atoms with van der Waals surface area (Å²) in [5.41, 5.74) is 1.28. The third-order valence-electron chi connectivity index (χ3n) is 3.51. The molecule has 0 amide bonds. The number of piperidine rings is 1. The van der Waals surface area contributed by atoms with Crippen LogP contribution in [0.15, 0.2) is 29.2 Å². The van der Waals surface area contributed by atoms with Crippen LogP contribution in [0.1, 0.15) is 19.8 Å². The minimum absolute atomic E-state index is 0.289. The second-order valence-corrected chi connectivity index (χ2v) is 5.45. The molecule has 1 aliphatic heterocycles. The van der Waals surface area contributed by atoms with Crippen LogP contribution in [0.2, 0.25) is 0 Å². The number of hydrogen-bond donors (Lipinski definition) is 0. The minimum Gasteiger partial charge on any atom is -0.371 e. The first-order chi connectivity index (χ1) is 8.20. The maximum absolute atomic E-state index is 11.3. The lowest BCUT2D eigenvalue weighted by atomic mass is 9.93. The maximum Gasteiger partial charge on any atom is 0.133 e. The van der Waals surface area contributed by atoms with Crippen molar-refractivity contribution in [3.63, 3.8) is 0 Å². The van der Waals surface area contributed by atoms with E-state index in [2.05, 4.69) is 35.4 Å². The third-order valence-corrected chi connectivity index (χ3v) is 4.25. The van der Waals surface area contributed by atoms with Crippen molar-refractivity contribution in [2.45, 2.75) is 24.7 Å². The SMILES string of the molecule is CSc1ccc(N2CCC(C(C)=O)CC2)cc1. The standard InChI is InChI=1S/C14H19NOS/c1-11(16)12-7-9-15(10-8-12)13-3-5-14(17-2)6-4-13/h3-6,12H,7-10H2,1-2H3. The summed E-state index contributed by atoms with van der Waals surface area (Å²) in [4.78, 5) is 15.0. The lowest BCUT2D eigenvalue weighted by molar-refractivity contribution is -0.121. The van der Waals surface area contributed by atoms with E-state index < -0.39 is 0 Å². The highest BCUT2D eigenvalue weighted by Gasteiger charge is 2.22. The largest absolute Gasteiger partial charge is 0.371 e. The summed E-state index contributed by atoms with van der Waals surface area (Å²) in [6.07, 6.45) is 4.09. The Morgan fingerprint density at radius 2 is 1.82 bits per heavy atom. The van der Waals surface area contributed by atoms with Crippen LogP contribution in [0.4, 0.5) is 5.69 Å². The molecule has 0 saturated carbocycles. The molecule has 1 saturated heterocycles. The summed E-state index contributed by atoms with van der Waals surface area (Å²) in [6, 6.07) is 8.69. The molecule has 17 heavy (non-hydrogen) atoms. The zero-order chi connectivity index (χ0) is 12.3. The molecular weight excluding hydrogens is 230 g/mol. The predicted octanol–water partition coefficient (Wildman–Crippen LogP) is 3.21. The summed E-state index contributed by atoms with van der Waals surface area (Å²) in [7, 11) is 0. The fraction of sp³-hybridized carbons (Fsp3) is 0.500. The number of carbonyl (C=O) groups excluding carboxylic acids is 1. The Bertz CT molecular complexity index is 380. The molecule has 0 N–H and O–H groups in total. The van der Waals surface area contributed by atoms with Crippen LogP contribution in [0.25, 0.3) is 0 Å². The van der Waals surface area contributed by atoms with Crippen LogP contribution in [-0.2, 0) is 4.79 Å². The van der Waals surface area contributed by atoms with Crippen molar-refractivity contribution in [1.29, 1.82) is 0 Å². The van der Waals surface area contributed by atoms with Crippen LogP contribution in [-0.4, -0.2) is 25.1 Å². The minimum atomic E-state index is 0.289. The summed E-state index contributed by atoms with van der Waals surface area (Å²) < 4.78 is 0. The molecule has 1 aliphatic rings. The molecule has 0 aliphatic carbocycles. The number of Topliss-reactive ketones (excluding diaryl/α,β-unsaturated/α-hetero) is 1. The second-order valence-electron chi connectivity index (χ2n) is 4.57. The van der Waals surface area contributed by atoms with E-state index in [1.165, 1.54) is 10.6 Å². The van der Waals surface area contributed by atoms with Gasteiger partial charge in [-0.15, -0.1) is 11.8 Å². The number of carbonyl (C=O) groups is 1. The van der Waals surface area contributed by atoms with E-state index >= 15 is 0 Å². The number of nitrogens with zero attached hydrogens (tertiary/aromatic N) is 1. The number of rotatable bonds is 3. The lowest BCUT2D eigenvalue weighted by Crippen LogP contribution is -2.35. The van der Waals surface area contributed by atoms with Crippen molar-refractivity contribution >= 4 is 23.2 Å². The van der Waals surface area contributed by atoms with Crippen molar-refractivity contribution in [3.8, 4) is 0 Å². The van der Waals surface area contributed by atoms with Crippen molar-refractivity contribution in [3.05, 3.63) is 24.3 Å². The fourth-order valence-electron chi connectivity index (χ4n) is 2.34. The van der Waals surface area contributed by atoms with E-state index in [0.29, 0.717) is 5.78 Å². The van der Waals surface area contributed by atoms with Gasteiger partial charge in [-0.3, -0.25) is 4.79 Å². The van der Waals surface area contributed by atoms with Crippen molar-refractivity contribution in [2.75, 3.05) is 24.2 Å². The Hall–Kier alpha value is -0.960. The third kappa shape index (κ3) is 3.03. The van der Waals surface area contributed by atoms with Gasteiger partial charge in [-0.2, -0.15) is 0 Å². The fourth-order valence-corrected chi connectivity index (χ4v) is 2.75. The summed E-state index contributed by atoms with van der Waals surface area (Å²) in [6.45, 7) is 3.72. The van der Waals surface area contributed by atoms with Gasteiger partial charge in [0.05, 0.1) is 0 Å². The van der Waals surface area contributed by atoms with Gasteiger partial charge in [-0.1, -0.05) is 0 Å². The lowest BCUT2D eigenvalue weighted by Gasteiger charge is -2.32. The molecule has 0 radical (unpaired) electrons. The van der Waals surface area contributed by atoms with Gasteiger partial charge in [-0.25, -0.2) is 0 Å². The second kappa shape index (κ2) is 5.58. The molecule has 0 bridgehead atoms. The van der Waals surface area contributed by atoms with Gasteiger partial charge < -0.3 is 4.90 Å². The highest BCUT2D eigenvalue weighted by atomic mass is 32.2. The molecule has 0 aromatic heterocycles. The number of hydrogen-bond acceptors (Lipinski definition) is 3. The van der Waals surface area contributed by atoms with E-state index in [9.17, 15) is 4.79 Å². The van der Waals surface area contributed by atoms with Crippen LogP contribution < -0.4 is 4.90 Å². The van der Waals surface area contributed by atoms with Crippen LogP contribution in [0.3, 0.4) is 0 Å². The number of thioether (sulfide) groups is 1. The summed E-state index contributed by atoms with van der Waals surface area (Å²) in [5.74, 6) is 0.638. The quantitative estimate of drug-likeness (QED) is 0.767. The van der Waals surface area contributed by atoms with Crippen LogP contribution in [0, 0.1) is 5.92 Å². The van der Waals surface area contributed by atoms with Crippen molar-refractivity contribution < 1.29 is 4.79 Å². The first-order valence-corrected chi connectivity index (χ1v) is 7.32. The van der Waals surface area contributed by atoms with Gasteiger partial charge in [0.25, 0.3) is 0 Å². The van der Waals surface area contributed by atoms with E-state index in [4.69, 9.17) is 0 Å². The van der Waals surface area contributed by atoms with Gasteiger partial charge in [0, 0.05) is 29.6 Å². The smallest absolute Gasteiger partial charge is 0.133 e. The predicted molar refractivity (Wildman–Crippen MR) is 73.8 cm³/mol. The molecule has 3 heteroatoms. The molecule has 2 rings (SSSR count). The molecule has 2 nitrogen and oxygen atoms in total.